The van der Waals surface area contributed by atoms with Gasteiger partial charge in [0.15, 0.2) is 0 Å². The molecule has 0 atom stereocenters. The van der Waals surface area contributed by atoms with E-state index in [2.05, 4.69) is 5.32 Å². The first kappa shape index (κ1) is 12.3. The molecule has 0 unspecified atom stereocenters. The van der Waals surface area contributed by atoms with E-state index in [1.54, 1.807) is 18.2 Å². The van der Waals surface area contributed by atoms with E-state index in [0.717, 1.165) is 11.1 Å². The van der Waals surface area contributed by atoms with E-state index in [4.69, 9.17) is 23.2 Å². The zero-order chi connectivity index (χ0) is 13.6. The molecule has 0 spiro atoms. The average molecular weight is 294 g/mol. The van der Waals surface area contributed by atoms with Crippen LogP contribution in [0.2, 0.25) is 10.0 Å². The van der Waals surface area contributed by atoms with E-state index in [9.17, 15) is 9.90 Å². The summed E-state index contributed by atoms with van der Waals surface area (Å²) >= 11 is 12.2. The maximum atomic E-state index is 11.5. The Hall–Kier alpha value is -1.71. The highest BCUT2D eigenvalue weighted by atomic mass is 35.5. The van der Waals surface area contributed by atoms with Gasteiger partial charge in [-0.1, -0.05) is 41.4 Å². The van der Waals surface area contributed by atoms with Crippen molar-refractivity contribution in [3.8, 4) is 16.9 Å². The third-order valence-corrected chi connectivity index (χ3v) is 3.84. The van der Waals surface area contributed by atoms with Gasteiger partial charge in [-0.2, -0.15) is 0 Å². The van der Waals surface area contributed by atoms with Gasteiger partial charge in [0.1, 0.15) is 5.75 Å². The topological polar surface area (TPSA) is 49.3 Å². The molecule has 0 aliphatic carbocycles. The van der Waals surface area contributed by atoms with Crippen LogP contribution in [-0.2, 0) is 11.2 Å². The molecule has 3 nitrogen and oxygen atoms in total. The second-order valence-electron chi connectivity index (χ2n) is 4.31. The highest BCUT2D eigenvalue weighted by molar-refractivity contribution is 6.36. The maximum absolute atomic E-state index is 11.5. The van der Waals surface area contributed by atoms with E-state index < -0.39 is 0 Å². The fraction of sp³-hybridized carbons (Fsp3) is 0.0714. The number of amides is 1. The lowest BCUT2D eigenvalue weighted by Gasteiger charge is -2.11. The molecule has 96 valence electrons. The highest BCUT2D eigenvalue weighted by Gasteiger charge is 2.25. The zero-order valence-corrected chi connectivity index (χ0v) is 11.2. The van der Waals surface area contributed by atoms with Gasteiger partial charge in [0.25, 0.3) is 0 Å². The molecule has 0 bridgehead atoms. The molecule has 1 heterocycles. The first-order chi connectivity index (χ1) is 9.08. The molecule has 0 saturated carbocycles. The van der Waals surface area contributed by atoms with Crippen LogP contribution in [0.1, 0.15) is 5.56 Å². The first-order valence-corrected chi connectivity index (χ1v) is 6.42. The van der Waals surface area contributed by atoms with Gasteiger partial charge in [0.2, 0.25) is 5.91 Å². The summed E-state index contributed by atoms with van der Waals surface area (Å²) < 4.78 is 0. The highest BCUT2D eigenvalue weighted by Crippen LogP contribution is 2.42. The molecule has 2 N–H and O–H groups in total. The van der Waals surface area contributed by atoms with Crippen LogP contribution in [0.4, 0.5) is 5.69 Å². The lowest BCUT2D eigenvalue weighted by atomic mass is 9.97. The number of nitrogens with one attached hydrogen (secondary N) is 1. The SMILES string of the molecule is O=C1Cc2c(-c3cccc(O)c3Cl)ccc(Cl)c2N1. The molecular formula is C14H9Cl2NO2. The number of anilines is 1. The number of aromatic hydroxyl groups is 1. The molecule has 19 heavy (non-hydrogen) atoms. The van der Waals surface area contributed by atoms with Crippen LogP contribution in [-0.4, -0.2) is 11.0 Å². The number of carbonyl (C=O) groups is 1. The Morgan fingerprint density at radius 3 is 2.68 bits per heavy atom. The van der Waals surface area contributed by atoms with Crippen molar-refractivity contribution in [3.63, 3.8) is 0 Å². The predicted octanol–water partition coefficient (Wildman–Crippen LogP) is 3.86. The number of halogens is 2. The van der Waals surface area contributed by atoms with Crippen LogP contribution in [0.3, 0.4) is 0 Å². The Morgan fingerprint density at radius 1 is 1.11 bits per heavy atom. The molecule has 0 fully saturated rings. The normalized spacial score (nSPS) is 13.3. The largest absolute Gasteiger partial charge is 0.506 e. The molecule has 1 amide bonds. The molecule has 5 heteroatoms. The Labute approximate surface area is 119 Å². The number of hydrogen-bond donors (Lipinski definition) is 2. The third kappa shape index (κ3) is 1.95. The molecule has 2 aromatic carbocycles. The molecule has 2 aromatic rings. The van der Waals surface area contributed by atoms with Crippen LogP contribution in [0.15, 0.2) is 30.3 Å². The summed E-state index contributed by atoms with van der Waals surface area (Å²) in [7, 11) is 0. The van der Waals surface area contributed by atoms with Gasteiger partial charge >= 0.3 is 0 Å². The molecular weight excluding hydrogens is 285 g/mol. The minimum Gasteiger partial charge on any atom is -0.506 e. The number of carbonyl (C=O) groups excluding carboxylic acids is 1. The van der Waals surface area contributed by atoms with Gasteiger partial charge in [-0.15, -0.1) is 0 Å². The van der Waals surface area contributed by atoms with E-state index >= 15 is 0 Å². The summed E-state index contributed by atoms with van der Waals surface area (Å²) in [6.45, 7) is 0. The summed E-state index contributed by atoms with van der Waals surface area (Å²) in [5, 5.41) is 13.2. The number of hydrogen-bond acceptors (Lipinski definition) is 2. The number of phenolic OH excluding ortho intramolecular Hbond substituents is 1. The van der Waals surface area contributed by atoms with Gasteiger partial charge in [-0.05, 0) is 23.3 Å². The smallest absolute Gasteiger partial charge is 0.228 e. The molecule has 1 aliphatic heterocycles. The molecule has 1 aliphatic rings. The molecule has 0 radical (unpaired) electrons. The third-order valence-electron chi connectivity index (χ3n) is 3.13. The van der Waals surface area contributed by atoms with Crippen molar-refractivity contribution in [1.82, 2.24) is 0 Å². The van der Waals surface area contributed by atoms with E-state index in [1.807, 2.05) is 6.07 Å². The second kappa shape index (κ2) is 4.44. The number of phenols is 1. The van der Waals surface area contributed by atoms with Gasteiger partial charge in [0.05, 0.1) is 22.2 Å². The van der Waals surface area contributed by atoms with Crippen LogP contribution < -0.4 is 5.32 Å². The molecule has 0 saturated heterocycles. The maximum Gasteiger partial charge on any atom is 0.228 e. The van der Waals surface area contributed by atoms with Crippen molar-refractivity contribution in [2.75, 3.05) is 5.32 Å². The zero-order valence-electron chi connectivity index (χ0n) is 9.71. The van der Waals surface area contributed by atoms with Gasteiger partial charge < -0.3 is 10.4 Å². The first-order valence-electron chi connectivity index (χ1n) is 5.67. The van der Waals surface area contributed by atoms with Crippen molar-refractivity contribution in [2.45, 2.75) is 6.42 Å². The fourth-order valence-corrected chi connectivity index (χ4v) is 2.71. The Bertz CT molecular complexity index is 698. The Kier molecular flexibility index (Phi) is 2.88. The van der Waals surface area contributed by atoms with Crippen LogP contribution in [0.5, 0.6) is 5.75 Å². The average Bonchev–Trinajstić information content (AvgIpc) is 2.76. The summed E-state index contributed by atoms with van der Waals surface area (Å²) in [6.07, 6.45) is 0.261. The van der Waals surface area contributed by atoms with Gasteiger partial charge in [-0.3, -0.25) is 4.79 Å². The summed E-state index contributed by atoms with van der Waals surface area (Å²) in [5.41, 5.74) is 2.93. The van der Waals surface area contributed by atoms with Crippen LogP contribution >= 0.6 is 23.2 Å². The molecule has 3 rings (SSSR count). The van der Waals surface area contributed by atoms with Gasteiger partial charge in [-0.25, -0.2) is 0 Å². The number of benzene rings is 2. The van der Waals surface area contributed by atoms with Crippen molar-refractivity contribution in [1.29, 1.82) is 0 Å². The summed E-state index contributed by atoms with van der Waals surface area (Å²) in [6, 6.07) is 8.55. The standard InChI is InChI=1S/C14H9Cl2NO2/c15-10-5-4-7(9-6-12(19)17-14(9)10)8-2-1-3-11(18)13(8)16/h1-5,18H,6H2,(H,17,19). The monoisotopic (exact) mass is 293 g/mol. The second-order valence-corrected chi connectivity index (χ2v) is 5.10. The van der Waals surface area contributed by atoms with E-state index in [0.29, 0.717) is 16.3 Å². The lowest BCUT2D eigenvalue weighted by molar-refractivity contribution is -0.115. The molecule has 0 aromatic heterocycles. The van der Waals surface area contributed by atoms with Crippen molar-refractivity contribution < 1.29 is 9.90 Å². The summed E-state index contributed by atoms with van der Waals surface area (Å²) in [5.74, 6) is -0.0826. The minimum atomic E-state index is -0.0966. The van der Waals surface area contributed by atoms with E-state index in [1.165, 1.54) is 6.07 Å². The Morgan fingerprint density at radius 2 is 1.89 bits per heavy atom. The number of fused-ring (bicyclic) bond motifs is 1. The van der Waals surface area contributed by atoms with Crippen LogP contribution in [0.25, 0.3) is 11.1 Å². The summed E-state index contributed by atoms with van der Waals surface area (Å²) in [4.78, 5) is 11.5. The van der Waals surface area contributed by atoms with Crippen molar-refractivity contribution in [2.24, 2.45) is 0 Å². The Balaban J connectivity index is 2.26. The van der Waals surface area contributed by atoms with E-state index in [-0.39, 0.29) is 23.1 Å². The lowest BCUT2D eigenvalue weighted by Crippen LogP contribution is -2.03. The predicted molar refractivity (Wildman–Crippen MR) is 75.9 cm³/mol. The minimum absolute atomic E-state index is 0.0140. The van der Waals surface area contributed by atoms with Crippen molar-refractivity contribution >= 4 is 34.8 Å². The van der Waals surface area contributed by atoms with Crippen LogP contribution in [0, 0.1) is 0 Å². The quantitative estimate of drug-likeness (QED) is 0.839. The fourth-order valence-electron chi connectivity index (χ4n) is 2.26. The van der Waals surface area contributed by atoms with Crippen molar-refractivity contribution in [3.05, 3.63) is 45.9 Å². The number of rotatable bonds is 1. The van der Waals surface area contributed by atoms with Gasteiger partial charge in [0, 0.05) is 5.56 Å².